The number of ether oxygens (including phenoxy) is 1. The highest BCUT2D eigenvalue weighted by atomic mass is 32.2. The van der Waals surface area contributed by atoms with E-state index >= 15 is 0 Å². The van der Waals surface area contributed by atoms with Crippen LogP contribution in [0.1, 0.15) is 65.7 Å². The Morgan fingerprint density at radius 1 is 1.30 bits per heavy atom. The van der Waals surface area contributed by atoms with Gasteiger partial charge in [0.2, 0.25) is 0 Å². The Morgan fingerprint density at radius 2 is 2.00 bits per heavy atom. The fourth-order valence-electron chi connectivity index (χ4n) is 3.61. The Labute approximate surface area is 128 Å². The summed E-state index contributed by atoms with van der Waals surface area (Å²) >= 11 is 2.01. The van der Waals surface area contributed by atoms with Crippen LogP contribution in [0, 0.1) is 5.92 Å². The summed E-state index contributed by atoms with van der Waals surface area (Å²) in [6.45, 7) is 7.75. The SMILES string of the molecule is CC(C)(C)SCC(NN)C1CCOC2(CCCCC2)C1. The van der Waals surface area contributed by atoms with Crippen molar-refractivity contribution < 1.29 is 4.74 Å². The van der Waals surface area contributed by atoms with Crippen LogP contribution in [-0.2, 0) is 4.74 Å². The van der Waals surface area contributed by atoms with Crippen LogP contribution in [0.25, 0.3) is 0 Å². The van der Waals surface area contributed by atoms with E-state index in [4.69, 9.17) is 10.6 Å². The lowest BCUT2D eigenvalue weighted by Gasteiger charge is -2.45. The van der Waals surface area contributed by atoms with Gasteiger partial charge in [0.1, 0.15) is 0 Å². The number of nitrogens with one attached hydrogen (secondary N) is 1. The molecule has 118 valence electrons. The highest BCUT2D eigenvalue weighted by Crippen LogP contribution is 2.42. The van der Waals surface area contributed by atoms with Gasteiger partial charge in [-0.15, -0.1) is 0 Å². The zero-order chi connectivity index (χ0) is 14.6. The highest BCUT2D eigenvalue weighted by Gasteiger charge is 2.40. The van der Waals surface area contributed by atoms with Gasteiger partial charge in [0, 0.05) is 23.1 Å². The lowest BCUT2D eigenvalue weighted by Crippen LogP contribution is -2.50. The van der Waals surface area contributed by atoms with Crippen molar-refractivity contribution in [2.45, 2.75) is 82.1 Å². The summed E-state index contributed by atoms with van der Waals surface area (Å²) < 4.78 is 6.51. The summed E-state index contributed by atoms with van der Waals surface area (Å²) in [5, 5.41) is 0. The van der Waals surface area contributed by atoms with Gasteiger partial charge in [0.05, 0.1) is 5.60 Å². The Bertz CT molecular complexity index is 292. The quantitative estimate of drug-likeness (QED) is 0.616. The second kappa shape index (κ2) is 6.99. The first-order valence-corrected chi connectivity index (χ1v) is 9.17. The van der Waals surface area contributed by atoms with Crippen LogP contribution < -0.4 is 11.3 Å². The van der Waals surface area contributed by atoms with E-state index in [9.17, 15) is 0 Å². The molecule has 3 N–H and O–H groups in total. The second-order valence-corrected chi connectivity index (χ2v) is 9.39. The number of hydrogen-bond acceptors (Lipinski definition) is 4. The molecule has 0 aromatic carbocycles. The van der Waals surface area contributed by atoms with E-state index in [1.807, 2.05) is 11.8 Å². The molecule has 1 spiro atoms. The topological polar surface area (TPSA) is 47.3 Å². The summed E-state index contributed by atoms with van der Waals surface area (Å²) in [5.41, 5.74) is 3.27. The summed E-state index contributed by atoms with van der Waals surface area (Å²) in [7, 11) is 0. The maximum absolute atomic E-state index is 6.20. The average Bonchev–Trinajstić information content (AvgIpc) is 2.39. The monoisotopic (exact) mass is 300 g/mol. The minimum absolute atomic E-state index is 0.183. The molecule has 2 atom stereocenters. The molecule has 1 aliphatic carbocycles. The standard InChI is InChI=1S/C16H32N2OS/c1-15(2,3)20-12-14(18-17)13-7-10-19-16(11-13)8-5-4-6-9-16/h13-14,18H,4-12,17H2,1-3H3. The third kappa shape index (κ3) is 4.62. The Kier molecular flexibility index (Phi) is 5.80. The molecule has 2 fully saturated rings. The van der Waals surface area contributed by atoms with Crippen molar-refractivity contribution >= 4 is 11.8 Å². The Balaban J connectivity index is 1.92. The molecule has 1 saturated carbocycles. The van der Waals surface area contributed by atoms with Crippen LogP contribution in [0.3, 0.4) is 0 Å². The van der Waals surface area contributed by atoms with Crippen LogP contribution in [0.2, 0.25) is 0 Å². The second-order valence-electron chi connectivity index (χ2n) is 7.54. The van der Waals surface area contributed by atoms with E-state index in [1.165, 1.54) is 38.5 Å². The maximum atomic E-state index is 6.20. The van der Waals surface area contributed by atoms with Gasteiger partial charge in [-0.1, -0.05) is 40.0 Å². The van der Waals surface area contributed by atoms with Gasteiger partial charge in [-0.2, -0.15) is 11.8 Å². The van der Waals surface area contributed by atoms with E-state index in [1.54, 1.807) is 0 Å². The fraction of sp³-hybridized carbons (Fsp3) is 1.00. The predicted octanol–water partition coefficient (Wildman–Crippen LogP) is 3.48. The molecule has 2 aliphatic rings. The van der Waals surface area contributed by atoms with Crippen molar-refractivity contribution in [2.24, 2.45) is 11.8 Å². The molecule has 0 aromatic heterocycles. The Morgan fingerprint density at radius 3 is 2.60 bits per heavy atom. The first-order valence-electron chi connectivity index (χ1n) is 8.18. The van der Waals surface area contributed by atoms with E-state index in [2.05, 4.69) is 26.2 Å². The molecular weight excluding hydrogens is 268 g/mol. The molecule has 1 heterocycles. The van der Waals surface area contributed by atoms with Crippen LogP contribution in [-0.4, -0.2) is 28.7 Å². The normalized spacial score (nSPS) is 28.5. The minimum atomic E-state index is 0.183. The van der Waals surface area contributed by atoms with Crippen molar-refractivity contribution in [3.63, 3.8) is 0 Å². The van der Waals surface area contributed by atoms with Gasteiger partial charge in [-0.05, 0) is 31.6 Å². The minimum Gasteiger partial charge on any atom is -0.375 e. The van der Waals surface area contributed by atoms with Crippen molar-refractivity contribution in [1.82, 2.24) is 5.43 Å². The van der Waals surface area contributed by atoms with Gasteiger partial charge >= 0.3 is 0 Å². The van der Waals surface area contributed by atoms with Crippen LogP contribution in [0.5, 0.6) is 0 Å². The Hall–Kier alpha value is 0.230. The predicted molar refractivity (Wildman–Crippen MR) is 87.8 cm³/mol. The molecule has 0 aromatic rings. The number of rotatable bonds is 4. The van der Waals surface area contributed by atoms with E-state index in [0.717, 1.165) is 18.8 Å². The number of nitrogens with two attached hydrogens (primary N) is 1. The lowest BCUT2D eigenvalue weighted by molar-refractivity contribution is -0.120. The molecule has 0 radical (unpaired) electrons. The zero-order valence-corrected chi connectivity index (χ0v) is 14.2. The molecule has 1 aliphatic heterocycles. The number of thioether (sulfide) groups is 1. The lowest BCUT2D eigenvalue weighted by atomic mass is 9.74. The fourth-order valence-corrected chi connectivity index (χ4v) is 4.66. The molecule has 2 rings (SSSR count). The number of hydrogen-bond donors (Lipinski definition) is 2. The van der Waals surface area contributed by atoms with Crippen molar-refractivity contribution in [3.8, 4) is 0 Å². The molecule has 0 amide bonds. The van der Waals surface area contributed by atoms with Gasteiger partial charge in [0.15, 0.2) is 0 Å². The summed E-state index contributed by atoms with van der Waals surface area (Å²) in [5.74, 6) is 7.61. The molecule has 4 heteroatoms. The molecular formula is C16H32N2OS. The molecule has 20 heavy (non-hydrogen) atoms. The van der Waals surface area contributed by atoms with Crippen LogP contribution in [0.4, 0.5) is 0 Å². The zero-order valence-electron chi connectivity index (χ0n) is 13.4. The van der Waals surface area contributed by atoms with E-state index in [0.29, 0.717) is 16.7 Å². The van der Waals surface area contributed by atoms with Gasteiger partial charge in [0.25, 0.3) is 0 Å². The number of hydrazine groups is 1. The summed E-state index contributed by atoms with van der Waals surface area (Å²) in [4.78, 5) is 0. The third-order valence-electron chi connectivity index (χ3n) is 4.77. The van der Waals surface area contributed by atoms with Crippen molar-refractivity contribution in [3.05, 3.63) is 0 Å². The molecule has 0 bridgehead atoms. The van der Waals surface area contributed by atoms with E-state index in [-0.39, 0.29) is 5.60 Å². The summed E-state index contributed by atoms with van der Waals surface area (Å²) in [6.07, 6.45) is 8.93. The van der Waals surface area contributed by atoms with Crippen LogP contribution in [0.15, 0.2) is 0 Å². The smallest absolute Gasteiger partial charge is 0.0685 e. The molecule has 1 saturated heterocycles. The van der Waals surface area contributed by atoms with Crippen molar-refractivity contribution in [1.29, 1.82) is 0 Å². The molecule has 2 unspecified atom stereocenters. The van der Waals surface area contributed by atoms with Gasteiger partial charge in [-0.25, -0.2) is 0 Å². The third-order valence-corrected chi connectivity index (χ3v) is 6.17. The van der Waals surface area contributed by atoms with Gasteiger partial charge in [-0.3, -0.25) is 11.3 Å². The van der Waals surface area contributed by atoms with Crippen molar-refractivity contribution in [2.75, 3.05) is 12.4 Å². The largest absolute Gasteiger partial charge is 0.375 e. The average molecular weight is 301 g/mol. The van der Waals surface area contributed by atoms with Crippen LogP contribution >= 0.6 is 11.8 Å². The first-order chi connectivity index (χ1) is 9.44. The van der Waals surface area contributed by atoms with Gasteiger partial charge < -0.3 is 4.74 Å². The van der Waals surface area contributed by atoms with E-state index < -0.39 is 0 Å². The summed E-state index contributed by atoms with van der Waals surface area (Å²) in [6, 6.07) is 0.418. The molecule has 3 nitrogen and oxygen atoms in total. The first kappa shape index (κ1) is 16.6. The highest BCUT2D eigenvalue weighted by molar-refractivity contribution is 8.00. The maximum Gasteiger partial charge on any atom is 0.0685 e.